The maximum Gasteiger partial charge on any atom is 0.309 e. The zero-order valence-electron chi connectivity index (χ0n) is 33.5. The highest BCUT2D eigenvalue weighted by Crippen LogP contribution is 2.63. The Bertz CT molecular complexity index is 2260. The predicted molar refractivity (Wildman–Crippen MR) is 224 cm³/mol. The van der Waals surface area contributed by atoms with Gasteiger partial charge in [0.15, 0.2) is 11.6 Å². The third-order valence-electron chi connectivity index (χ3n) is 13.7. The summed E-state index contributed by atoms with van der Waals surface area (Å²) in [4.78, 5) is 51.0. The molecule has 12 nitrogen and oxygen atoms in total. The number of nitrogens with one attached hydrogen (secondary N) is 2. The number of carboxylic acids is 1. The molecule has 2 atom stereocenters. The van der Waals surface area contributed by atoms with E-state index in [1.807, 2.05) is 35.4 Å². The van der Waals surface area contributed by atoms with Gasteiger partial charge in [0.25, 0.3) is 11.8 Å². The van der Waals surface area contributed by atoms with Crippen LogP contribution in [0.3, 0.4) is 0 Å². The van der Waals surface area contributed by atoms with E-state index in [2.05, 4.69) is 20.5 Å². The van der Waals surface area contributed by atoms with Gasteiger partial charge in [0.05, 0.1) is 44.3 Å². The van der Waals surface area contributed by atoms with E-state index in [1.165, 1.54) is 0 Å². The zero-order chi connectivity index (χ0) is 40.9. The molecule has 2 fully saturated rings. The van der Waals surface area contributed by atoms with Crippen molar-refractivity contribution < 1.29 is 24.6 Å². The number of aliphatic hydroxyl groups is 1. The van der Waals surface area contributed by atoms with E-state index in [0.717, 1.165) is 113 Å². The molecule has 2 aromatic carbocycles. The number of fused-ring (bicyclic) bond motifs is 4. The number of rotatable bonds is 11. The number of hydrogen-bond acceptors (Lipinski definition) is 7. The smallest absolute Gasteiger partial charge is 0.309 e. The van der Waals surface area contributed by atoms with Crippen molar-refractivity contribution in [2.45, 2.75) is 103 Å². The minimum atomic E-state index is -0.600. The van der Waals surface area contributed by atoms with Crippen LogP contribution in [-0.2, 0) is 44.7 Å². The minimum absolute atomic E-state index is 0.205. The molecule has 3 aliphatic carbocycles. The third-order valence-corrected chi connectivity index (χ3v) is 14.5. The van der Waals surface area contributed by atoms with Gasteiger partial charge in [-0.2, -0.15) is 0 Å². The van der Waals surface area contributed by atoms with Crippen LogP contribution in [-0.4, -0.2) is 71.2 Å². The molecule has 1 aliphatic heterocycles. The highest BCUT2D eigenvalue weighted by molar-refractivity contribution is 6.40. The Morgan fingerprint density at radius 2 is 1.43 bits per heavy atom. The first-order chi connectivity index (χ1) is 27.8. The first-order valence-corrected chi connectivity index (χ1v) is 21.4. The van der Waals surface area contributed by atoms with Gasteiger partial charge < -0.3 is 30.0 Å². The largest absolute Gasteiger partial charge is 0.481 e. The number of imidazole rings is 2. The molecule has 2 aromatic heterocycles. The molecular formula is C44H53Cl2N7O5. The van der Waals surface area contributed by atoms with Crippen molar-refractivity contribution in [3.8, 4) is 11.1 Å². The summed E-state index contributed by atoms with van der Waals surface area (Å²) in [6.45, 7) is 3.64. The molecule has 4 aliphatic rings. The summed E-state index contributed by atoms with van der Waals surface area (Å²) in [7, 11) is 3.74. The lowest BCUT2D eigenvalue weighted by atomic mass is 9.76. The SMILES string of the molecule is C[C@H](O)CN1CCc2c(nc(C(=O)Nc3cccc(-c4cccc(NC(=O)c5nc6c(n5C)CCC(CCC57CCC(C(=O)O)(CC5)C7)CCC6)c4Cl)c3Cl)n2C)C1. The fourth-order valence-electron chi connectivity index (χ4n) is 10.4. The van der Waals surface area contributed by atoms with E-state index in [9.17, 15) is 24.6 Å². The lowest BCUT2D eigenvalue weighted by molar-refractivity contribution is -0.148. The topological polar surface area (TPSA) is 155 Å². The molecule has 1 unspecified atom stereocenters. The van der Waals surface area contributed by atoms with Crippen molar-refractivity contribution in [1.29, 1.82) is 0 Å². The van der Waals surface area contributed by atoms with Gasteiger partial charge in [-0.3, -0.25) is 19.3 Å². The van der Waals surface area contributed by atoms with Crippen molar-refractivity contribution in [2.24, 2.45) is 30.8 Å². The molecule has 2 saturated carbocycles. The lowest BCUT2D eigenvalue weighted by Crippen LogP contribution is -2.36. The fourth-order valence-corrected chi connectivity index (χ4v) is 11.0. The number of benzene rings is 2. The average Bonchev–Trinajstić information content (AvgIpc) is 3.93. The third kappa shape index (κ3) is 7.69. The van der Waals surface area contributed by atoms with Crippen molar-refractivity contribution in [3.63, 3.8) is 0 Å². The standard InChI is InChI=1S/C44H53Cl2N7O5/c1-26(54)23-53-22-16-35-33(24-53)48-39(52(35)3)41(56)50-32-12-6-9-29(37(32)46)28-8-5-11-31(36(28)45)49-40(55)38-47-30-10-4-7-27(13-14-34(30)51(38)2)15-17-43-18-20-44(25-43,21-19-43)42(57)58/h5-6,8-9,11-12,26-27,54H,4,7,10,13-25H2,1-3H3,(H,49,55)(H,50,56)(H,57,58)/t26-,27?,43?,44?/m0/s1. The first-order valence-electron chi connectivity index (χ1n) is 20.7. The average molecular weight is 831 g/mol. The fraction of sp³-hybridized carbons (Fsp3) is 0.523. The molecule has 308 valence electrons. The van der Waals surface area contributed by atoms with Crippen LogP contribution in [0.2, 0.25) is 10.0 Å². The molecule has 0 radical (unpaired) electrons. The quantitative estimate of drug-likeness (QED) is 0.118. The Labute approximate surface area is 349 Å². The first kappa shape index (κ1) is 40.5. The van der Waals surface area contributed by atoms with Gasteiger partial charge in [0, 0.05) is 62.7 Å². The van der Waals surface area contributed by atoms with Gasteiger partial charge >= 0.3 is 5.97 Å². The molecule has 8 rings (SSSR count). The van der Waals surface area contributed by atoms with Gasteiger partial charge in [-0.05, 0) is 101 Å². The normalized spacial score (nSPS) is 23.4. The van der Waals surface area contributed by atoms with Crippen LogP contribution in [0.1, 0.15) is 115 Å². The molecule has 2 amide bonds. The van der Waals surface area contributed by atoms with Gasteiger partial charge in [-0.25, -0.2) is 9.97 Å². The lowest BCUT2D eigenvalue weighted by Gasteiger charge is -2.29. The molecule has 3 heterocycles. The number of halogens is 2. The summed E-state index contributed by atoms with van der Waals surface area (Å²) in [6.07, 6.45) is 11.9. The second-order valence-electron chi connectivity index (χ2n) is 17.5. The monoisotopic (exact) mass is 829 g/mol. The number of β-amino-alcohol motifs (C(OH)–C–C–N with tert-alkyl or cyclic N) is 1. The zero-order valence-corrected chi connectivity index (χ0v) is 35.1. The van der Waals surface area contributed by atoms with Gasteiger partial charge in [-0.1, -0.05) is 53.9 Å². The summed E-state index contributed by atoms with van der Waals surface area (Å²) < 4.78 is 3.74. The summed E-state index contributed by atoms with van der Waals surface area (Å²) >= 11 is 14.0. The van der Waals surface area contributed by atoms with Gasteiger partial charge in [0.1, 0.15) is 0 Å². The number of nitrogens with zero attached hydrogens (tertiary/aromatic N) is 5. The summed E-state index contributed by atoms with van der Waals surface area (Å²) in [5.41, 5.74) is 5.61. The van der Waals surface area contributed by atoms with Crippen LogP contribution in [0.25, 0.3) is 11.1 Å². The van der Waals surface area contributed by atoms with Crippen LogP contribution in [0, 0.1) is 16.7 Å². The van der Waals surface area contributed by atoms with Crippen LogP contribution in [0.15, 0.2) is 36.4 Å². The van der Waals surface area contributed by atoms with E-state index in [4.69, 9.17) is 28.2 Å². The molecule has 4 N–H and O–H groups in total. The number of aryl methyl sites for hydroxylation is 1. The molecule has 58 heavy (non-hydrogen) atoms. The highest BCUT2D eigenvalue weighted by atomic mass is 35.5. The number of aromatic nitrogens is 4. The van der Waals surface area contributed by atoms with E-state index < -0.39 is 23.4 Å². The number of aliphatic carboxylic acids is 1. The summed E-state index contributed by atoms with van der Waals surface area (Å²) in [5.74, 6) is -0.165. The van der Waals surface area contributed by atoms with E-state index in [-0.39, 0.29) is 17.1 Å². The van der Waals surface area contributed by atoms with Crippen LogP contribution in [0.4, 0.5) is 11.4 Å². The predicted octanol–water partition coefficient (Wildman–Crippen LogP) is 8.07. The Hall–Kier alpha value is -4.23. The van der Waals surface area contributed by atoms with Crippen molar-refractivity contribution in [1.82, 2.24) is 24.0 Å². The molecule has 0 saturated heterocycles. The Morgan fingerprint density at radius 3 is 2.00 bits per heavy atom. The molecule has 0 spiro atoms. The number of carbonyl (C=O) groups excluding carboxylic acids is 2. The maximum absolute atomic E-state index is 13.8. The maximum atomic E-state index is 13.8. The van der Waals surface area contributed by atoms with Gasteiger partial charge in [-0.15, -0.1) is 0 Å². The van der Waals surface area contributed by atoms with Crippen LogP contribution < -0.4 is 10.6 Å². The summed E-state index contributed by atoms with van der Waals surface area (Å²) in [5, 5.41) is 26.2. The van der Waals surface area contributed by atoms with E-state index >= 15 is 0 Å². The number of hydrogen-bond donors (Lipinski definition) is 4. The minimum Gasteiger partial charge on any atom is -0.481 e. The molecule has 14 heteroatoms. The van der Waals surface area contributed by atoms with Crippen LogP contribution >= 0.6 is 23.2 Å². The molecule has 2 bridgehead atoms. The second-order valence-corrected chi connectivity index (χ2v) is 18.2. The van der Waals surface area contributed by atoms with Crippen LogP contribution in [0.5, 0.6) is 0 Å². The summed E-state index contributed by atoms with van der Waals surface area (Å²) in [6, 6.07) is 10.7. The van der Waals surface area contributed by atoms with Crippen molar-refractivity contribution >= 4 is 52.4 Å². The number of carboxylic acid groups (broad SMARTS) is 1. The number of aliphatic hydroxyl groups excluding tert-OH is 1. The number of carbonyl (C=O) groups is 3. The Kier molecular flexibility index (Phi) is 11.2. The van der Waals surface area contributed by atoms with Crippen molar-refractivity contribution in [3.05, 3.63) is 80.9 Å². The Balaban J connectivity index is 0.930. The van der Waals surface area contributed by atoms with E-state index in [0.29, 0.717) is 57.4 Å². The second kappa shape index (κ2) is 16.1. The van der Waals surface area contributed by atoms with E-state index in [1.54, 1.807) is 31.2 Å². The number of amides is 2. The molecular weight excluding hydrogens is 777 g/mol. The molecule has 4 aromatic rings. The highest BCUT2D eigenvalue weighted by Gasteiger charge is 2.57. The van der Waals surface area contributed by atoms with Crippen molar-refractivity contribution in [2.75, 3.05) is 23.7 Å². The number of anilines is 2. The Morgan fingerprint density at radius 1 is 0.845 bits per heavy atom. The van der Waals surface area contributed by atoms with Gasteiger partial charge in [0.2, 0.25) is 0 Å².